The minimum atomic E-state index is -0.0121. The molecule has 0 bridgehead atoms. The van der Waals surface area contributed by atoms with Crippen LogP contribution >= 0.6 is 0 Å². The summed E-state index contributed by atoms with van der Waals surface area (Å²) < 4.78 is 0. The van der Waals surface area contributed by atoms with Crippen LogP contribution < -0.4 is 5.32 Å². The number of nitrogens with zero attached hydrogens (tertiary/aromatic N) is 3. The molecule has 5 nitrogen and oxygen atoms in total. The van der Waals surface area contributed by atoms with Crippen LogP contribution in [0.1, 0.15) is 37.7 Å². The van der Waals surface area contributed by atoms with Gasteiger partial charge in [-0.25, -0.2) is 0 Å². The van der Waals surface area contributed by atoms with Crippen molar-refractivity contribution in [2.45, 2.75) is 32.1 Å². The summed E-state index contributed by atoms with van der Waals surface area (Å²) in [5.74, 6) is 0.813. The van der Waals surface area contributed by atoms with Gasteiger partial charge in [-0.15, -0.1) is 0 Å². The smallest absolute Gasteiger partial charge is 0.225 e. The molecule has 2 aliphatic rings. The Hall–Kier alpha value is -1.90. The Morgan fingerprint density at radius 3 is 2.56 bits per heavy atom. The zero-order valence-electron chi connectivity index (χ0n) is 14.9. The Balaban J connectivity index is 1.36. The van der Waals surface area contributed by atoms with E-state index in [0.717, 1.165) is 25.6 Å². The summed E-state index contributed by atoms with van der Waals surface area (Å²) in [4.78, 5) is 17.2. The van der Waals surface area contributed by atoms with Crippen molar-refractivity contribution >= 4 is 11.6 Å². The lowest BCUT2D eigenvalue weighted by Crippen LogP contribution is -2.39. The van der Waals surface area contributed by atoms with Crippen LogP contribution in [0.4, 0.5) is 5.69 Å². The minimum Gasteiger partial charge on any atom is -0.325 e. The fourth-order valence-corrected chi connectivity index (χ4v) is 3.88. The zero-order chi connectivity index (χ0) is 17.5. The molecule has 25 heavy (non-hydrogen) atoms. The number of anilines is 1. The highest BCUT2D eigenvalue weighted by Crippen LogP contribution is 2.21. The second-order valence-corrected chi connectivity index (χ2v) is 7.25. The van der Waals surface area contributed by atoms with E-state index < -0.39 is 0 Å². The standard InChI is InChI=1S/C20H28N4O/c21-15-18-5-1-2-6-19(18)22-20(25)9-14-23-12-7-17(8-13-23)16-24-10-3-4-11-24/h1-2,5-6,17H,3-4,7-14,16H2,(H,22,25). The number of nitrogens with one attached hydrogen (secondary N) is 1. The van der Waals surface area contributed by atoms with Gasteiger partial charge in [-0.1, -0.05) is 12.1 Å². The molecule has 0 radical (unpaired) electrons. The molecule has 2 fully saturated rings. The van der Waals surface area contributed by atoms with Crippen molar-refractivity contribution in [2.75, 3.05) is 44.6 Å². The zero-order valence-corrected chi connectivity index (χ0v) is 14.9. The highest BCUT2D eigenvalue weighted by molar-refractivity contribution is 5.92. The third kappa shape index (κ3) is 5.29. The summed E-state index contributed by atoms with van der Waals surface area (Å²) >= 11 is 0. The molecule has 0 atom stereocenters. The first-order chi connectivity index (χ1) is 12.2. The van der Waals surface area contributed by atoms with E-state index in [2.05, 4.69) is 21.2 Å². The number of likely N-dealkylation sites (tertiary alicyclic amines) is 2. The largest absolute Gasteiger partial charge is 0.325 e. The van der Waals surface area contributed by atoms with Gasteiger partial charge < -0.3 is 15.1 Å². The van der Waals surface area contributed by atoms with Crippen LogP contribution in [-0.4, -0.2) is 55.0 Å². The number of carbonyl (C=O) groups excluding carboxylic acids is 1. The summed E-state index contributed by atoms with van der Waals surface area (Å²) in [6, 6.07) is 9.25. The molecule has 1 aromatic rings. The number of nitriles is 1. The van der Waals surface area contributed by atoms with E-state index in [1.807, 2.05) is 6.07 Å². The molecular weight excluding hydrogens is 312 g/mol. The number of para-hydroxylation sites is 1. The second kappa shape index (κ2) is 8.98. The fourth-order valence-electron chi connectivity index (χ4n) is 3.88. The summed E-state index contributed by atoms with van der Waals surface area (Å²) in [5, 5.41) is 11.9. The van der Waals surface area contributed by atoms with Crippen molar-refractivity contribution in [3.05, 3.63) is 29.8 Å². The summed E-state index contributed by atoms with van der Waals surface area (Å²) in [6.07, 6.45) is 5.70. The predicted octanol–water partition coefficient (Wildman–Crippen LogP) is 2.69. The van der Waals surface area contributed by atoms with Crippen molar-refractivity contribution in [3.8, 4) is 6.07 Å². The molecule has 0 aromatic heterocycles. The van der Waals surface area contributed by atoms with Gasteiger partial charge in [0, 0.05) is 19.5 Å². The lowest BCUT2D eigenvalue weighted by molar-refractivity contribution is -0.116. The minimum absolute atomic E-state index is 0.0121. The quantitative estimate of drug-likeness (QED) is 0.865. The third-order valence-corrected chi connectivity index (χ3v) is 5.40. The monoisotopic (exact) mass is 340 g/mol. The number of rotatable bonds is 6. The first kappa shape index (κ1) is 17.9. The third-order valence-electron chi connectivity index (χ3n) is 5.40. The molecule has 0 unspecified atom stereocenters. The highest BCUT2D eigenvalue weighted by atomic mass is 16.1. The van der Waals surface area contributed by atoms with Crippen molar-refractivity contribution in [3.63, 3.8) is 0 Å². The van der Waals surface area contributed by atoms with E-state index in [1.165, 1.54) is 45.3 Å². The van der Waals surface area contributed by atoms with Crippen LogP contribution in [0.5, 0.6) is 0 Å². The molecule has 1 N–H and O–H groups in total. The van der Waals surface area contributed by atoms with Crippen molar-refractivity contribution < 1.29 is 4.79 Å². The Labute approximate surface area is 150 Å². The molecule has 3 rings (SSSR count). The molecule has 0 saturated carbocycles. The van der Waals surface area contributed by atoms with Gasteiger partial charge in [0.15, 0.2) is 0 Å². The maximum atomic E-state index is 12.2. The Morgan fingerprint density at radius 1 is 1.12 bits per heavy atom. The summed E-state index contributed by atoms with van der Waals surface area (Å²) in [6.45, 7) is 6.83. The fraction of sp³-hybridized carbons (Fsp3) is 0.600. The van der Waals surface area contributed by atoms with Crippen molar-refractivity contribution in [1.29, 1.82) is 5.26 Å². The normalized spacial score (nSPS) is 19.6. The Bertz CT molecular complexity index is 610. The van der Waals surface area contributed by atoms with Gasteiger partial charge in [-0.3, -0.25) is 4.79 Å². The molecule has 1 aromatic carbocycles. The second-order valence-electron chi connectivity index (χ2n) is 7.25. The predicted molar refractivity (Wildman–Crippen MR) is 99.2 cm³/mol. The summed E-state index contributed by atoms with van der Waals surface area (Å²) in [7, 11) is 0. The van der Waals surface area contributed by atoms with Crippen LogP contribution in [0.3, 0.4) is 0 Å². The van der Waals surface area contributed by atoms with E-state index >= 15 is 0 Å². The lowest BCUT2D eigenvalue weighted by Gasteiger charge is -2.33. The average molecular weight is 340 g/mol. The van der Waals surface area contributed by atoms with Gasteiger partial charge >= 0.3 is 0 Å². The van der Waals surface area contributed by atoms with Crippen LogP contribution in [0.15, 0.2) is 24.3 Å². The first-order valence-corrected chi connectivity index (χ1v) is 9.48. The Morgan fingerprint density at radius 2 is 1.84 bits per heavy atom. The van der Waals surface area contributed by atoms with E-state index in [0.29, 0.717) is 17.7 Å². The van der Waals surface area contributed by atoms with E-state index in [-0.39, 0.29) is 5.91 Å². The molecule has 2 saturated heterocycles. The van der Waals surface area contributed by atoms with Gasteiger partial charge in [0.05, 0.1) is 11.3 Å². The number of hydrogen-bond donors (Lipinski definition) is 1. The van der Waals surface area contributed by atoms with E-state index in [4.69, 9.17) is 5.26 Å². The highest BCUT2D eigenvalue weighted by Gasteiger charge is 2.23. The van der Waals surface area contributed by atoms with E-state index in [1.54, 1.807) is 18.2 Å². The van der Waals surface area contributed by atoms with Crippen LogP contribution in [0, 0.1) is 17.2 Å². The van der Waals surface area contributed by atoms with Crippen LogP contribution in [0.2, 0.25) is 0 Å². The number of hydrogen-bond acceptors (Lipinski definition) is 4. The maximum Gasteiger partial charge on any atom is 0.225 e. The molecule has 0 aliphatic carbocycles. The first-order valence-electron chi connectivity index (χ1n) is 9.48. The van der Waals surface area contributed by atoms with Gasteiger partial charge in [0.25, 0.3) is 0 Å². The maximum absolute atomic E-state index is 12.2. The molecule has 5 heteroatoms. The van der Waals surface area contributed by atoms with E-state index in [9.17, 15) is 4.79 Å². The summed E-state index contributed by atoms with van der Waals surface area (Å²) in [5.41, 5.74) is 1.12. The molecule has 134 valence electrons. The van der Waals surface area contributed by atoms with Crippen LogP contribution in [-0.2, 0) is 4.79 Å². The SMILES string of the molecule is N#Cc1ccccc1NC(=O)CCN1CCC(CN2CCCC2)CC1. The van der Waals surface area contributed by atoms with Crippen LogP contribution in [0.25, 0.3) is 0 Å². The number of amides is 1. The van der Waals surface area contributed by atoms with Crippen molar-refractivity contribution in [1.82, 2.24) is 9.80 Å². The lowest BCUT2D eigenvalue weighted by atomic mass is 9.96. The van der Waals surface area contributed by atoms with Gasteiger partial charge in [0.2, 0.25) is 5.91 Å². The Kier molecular flexibility index (Phi) is 6.43. The molecule has 1 amide bonds. The topological polar surface area (TPSA) is 59.4 Å². The number of carbonyl (C=O) groups is 1. The van der Waals surface area contributed by atoms with Gasteiger partial charge in [-0.05, 0) is 69.9 Å². The average Bonchev–Trinajstić information content (AvgIpc) is 3.15. The molecular formula is C20H28N4O. The van der Waals surface area contributed by atoms with Crippen molar-refractivity contribution in [2.24, 2.45) is 5.92 Å². The molecule has 0 spiro atoms. The molecule has 2 aliphatic heterocycles. The van der Waals surface area contributed by atoms with Gasteiger partial charge in [-0.2, -0.15) is 5.26 Å². The van der Waals surface area contributed by atoms with Gasteiger partial charge in [0.1, 0.15) is 6.07 Å². The molecule has 2 heterocycles. The number of benzene rings is 1. The number of piperidine rings is 1.